The second kappa shape index (κ2) is 5.75. The zero-order valence-corrected chi connectivity index (χ0v) is 8.55. The van der Waals surface area contributed by atoms with Crippen molar-refractivity contribution in [2.75, 3.05) is 0 Å². The highest BCUT2D eigenvalue weighted by atomic mass is 16.5. The molecule has 0 radical (unpaired) electrons. The molecule has 0 unspecified atom stereocenters. The zero-order valence-electron chi connectivity index (χ0n) is 8.55. The largest absolute Gasteiger partial charge is 0.508 e. The van der Waals surface area contributed by atoms with E-state index in [2.05, 4.69) is 0 Å². The Balaban J connectivity index is 2.52. The molecule has 16 heavy (non-hydrogen) atoms. The van der Waals surface area contributed by atoms with Crippen molar-refractivity contribution < 1.29 is 24.5 Å². The molecule has 0 saturated carbocycles. The van der Waals surface area contributed by atoms with E-state index >= 15 is 0 Å². The monoisotopic (exact) mass is 224 g/mol. The normalized spacial score (nSPS) is 9.75. The molecular formula is C11H12O5. The van der Waals surface area contributed by atoms with Crippen molar-refractivity contribution in [1.82, 2.24) is 0 Å². The van der Waals surface area contributed by atoms with E-state index in [0.717, 1.165) is 12.4 Å². The van der Waals surface area contributed by atoms with Crippen LogP contribution in [0.1, 0.15) is 19.3 Å². The van der Waals surface area contributed by atoms with Crippen molar-refractivity contribution in [2.45, 2.75) is 19.3 Å². The fourth-order valence-electron chi connectivity index (χ4n) is 1.14. The molecule has 0 fully saturated rings. The molecule has 1 aromatic rings. The van der Waals surface area contributed by atoms with Crippen LogP contribution >= 0.6 is 0 Å². The first-order valence-electron chi connectivity index (χ1n) is 4.79. The number of unbranched alkanes of at least 4 members (excludes halogenated alkanes) is 1. The number of carbonyl (C=O) groups excluding carboxylic acids is 2. The SMILES string of the molecule is O=CCCCC(=O)Oc1cc(O)cc(O)c1. The molecule has 0 aliphatic heterocycles. The van der Waals surface area contributed by atoms with Gasteiger partial charge in [-0.1, -0.05) is 0 Å². The molecule has 1 rings (SSSR count). The van der Waals surface area contributed by atoms with E-state index in [9.17, 15) is 9.59 Å². The Hall–Kier alpha value is -2.04. The van der Waals surface area contributed by atoms with Gasteiger partial charge in [0.1, 0.15) is 23.5 Å². The van der Waals surface area contributed by atoms with Gasteiger partial charge < -0.3 is 19.7 Å². The van der Waals surface area contributed by atoms with Crippen molar-refractivity contribution in [3.05, 3.63) is 18.2 Å². The highest BCUT2D eigenvalue weighted by Crippen LogP contribution is 2.25. The quantitative estimate of drug-likeness (QED) is 0.341. The van der Waals surface area contributed by atoms with Gasteiger partial charge in [-0.15, -0.1) is 0 Å². The summed E-state index contributed by atoms with van der Waals surface area (Å²) in [7, 11) is 0. The average Bonchev–Trinajstić information content (AvgIpc) is 2.16. The lowest BCUT2D eigenvalue weighted by atomic mass is 10.2. The Labute approximate surface area is 92.3 Å². The summed E-state index contributed by atoms with van der Waals surface area (Å²) in [5, 5.41) is 18.2. The minimum atomic E-state index is -0.508. The molecular weight excluding hydrogens is 212 g/mol. The Morgan fingerprint density at radius 2 is 1.88 bits per heavy atom. The smallest absolute Gasteiger partial charge is 0.311 e. The van der Waals surface area contributed by atoms with Gasteiger partial charge in [0.25, 0.3) is 0 Å². The molecule has 5 heteroatoms. The topological polar surface area (TPSA) is 83.8 Å². The number of benzene rings is 1. The lowest BCUT2D eigenvalue weighted by Gasteiger charge is -2.04. The van der Waals surface area contributed by atoms with Crippen molar-refractivity contribution in [3.8, 4) is 17.2 Å². The summed E-state index contributed by atoms with van der Waals surface area (Å²) < 4.78 is 4.85. The molecule has 5 nitrogen and oxygen atoms in total. The maximum absolute atomic E-state index is 11.2. The first-order valence-corrected chi connectivity index (χ1v) is 4.79. The number of esters is 1. The second-order valence-electron chi connectivity index (χ2n) is 3.22. The number of phenolic OH excluding ortho intramolecular Hbond substituents is 2. The molecule has 0 bridgehead atoms. The van der Waals surface area contributed by atoms with Crippen molar-refractivity contribution in [1.29, 1.82) is 0 Å². The van der Waals surface area contributed by atoms with Gasteiger partial charge in [-0.3, -0.25) is 4.79 Å². The molecule has 1 aromatic carbocycles. The number of aromatic hydroxyl groups is 2. The zero-order chi connectivity index (χ0) is 12.0. The molecule has 0 spiro atoms. The van der Waals surface area contributed by atoms with E-state index in [1.165, 1.54) is 12.1 Å². The second-order valence-corrected chi connectivity index (χ2v) is 3.22. The molecule has 0 atom stereocenters. The maximum Gasteiger partial charge on any atom is 0.311 e. The summed E-state index contributed by atoms with van der Waals surface area (Å²) in [4.78, 5) is 21.2. The van der Waals surface area contributed by atoms with Crippen molar-refractivity contribution >= 4 is 12.3 Å². The maximum atomic E-state index is 11.2. The third kappa shape index (κ3) is 4.00. The van der Waals surface area contributed by atoms with Crippen molar-refractivity contribution in [2.24, 2.45) is 0 Å². The number of hydrogen-bond acceptors (Lipinski definition) is 5. The van der Waals surface area contributed by atoms with Crippen LogP contribution in [-0.4, -0.2) is 22.5 Å². The van der Waals surface area contributed by atoms with E-state index in [0.29, 0.717) is 12.8 Å². The van der Waals surface area contributed by atoms with Crippen LogP contribution in [0.3, 0.4) is 0 Å². The lowest BCUT2D eigenvalue weighted by Crippen LogP contribution is -2.07. The van der Waals surface area contributed by atoms with E-state index in [4.69, 9.17) is 14.9 Å². The number of phenols is 2. The Morgan fingerprint density at radius 1 is 1.25 bits per heavy atom. The van der Waals surface area contributed by atoms with Crippen LogP contribution in [-0.2, 0) is 9.59 Å². The van der Waals surface area contributed by atoms with Gasteiger partial charge in [0.05, 0.1) is 0 Å². The Kier molecular flexibility index (Phi) is 4.32. The summed E-state index contributed by atoms with van der Waals surface area (Å²) >= 11 is 0. The molecule has 2 N–H and O–H groups in total. The Bertz CT molecular complexity index is 366. The summed E-state index contributed by atoms with van der Waals surface area (Å²) in [5.41, 5.74) is 0. The highest BCUT2D eigenvalue weighted by Gasteiger charge is 2.06. The number of rotatable bonds is 5. The van der Waals surface area contributed by atoms with Crippen LogP contribution in [0.15, 0.2) is 18.2 Å². The molecule has 86 valence electrons. The number of aldehydes is 1. The van der Waals surface area contributed by atoms with Gasteiger partial charge in [-0.2, -0.15) is 0 Å². The van der Waals surface area contributed by atoms with Crippen LogP contribution in [0.2, 0.25) is 0 Å². The molecule has 0 saturated heterocycles. The fraction of sp³-hybridized carbons (Fsp3) is 0.273. The molecule has 0 heterocycles. The number of hydrogen-bond donors (Lipinski definition) is 2. The highest BCUT2D eigenvalue weighted by molar-refractivity contribution is 5.73. The summed E-state index contributed by atoms with van der Waals surface area (Å²) in [5.74, 6) is -0.799. The van der Waals surface area contributed by atoms with Gasteiger partial charge >= 0.3 is 5.97 Å². The molecule has 0 aliphatic rings. The number of ether oxygens (including phenoxy) is 1. The Morgan fingerprint density at radius 3 is 2.44 bits per heavy atom. The van der Waals surface area contributed by atoms with Crippen LogP contribution in [0.4, 0.5) is 0 Å². The average molecular weight is 224 g/mol. The summed E-state index contributed by atoms with van der Waals surface area (Å²) in [6.07, 6.45) is 1.58. The van der Waals surface area contributed by atoms with Gasteiger partial charge in [-0.05, 0) is 6.42 Å². The first-order chi connectivity index (χ1) is 7.61. The third-order valence-corrected chi connectivity index (χ3v) is 1.81. The molecule has 0 aromatic heterocycles. The summed E-state index contributed by atoms with van der Waals surface area (Å²) in [6.45, 7) is 0. The standard InChI is InChI=1S/C11H12O5/c12-4-2-1-3-11(15)16-10-6-8(13)5-9(14)7-10/h4-7,13-14H,1-3H2. The van der Waals surface area contributed by atoms with Crippen molar-refractivity contribution in [3.63, 3.8) is 0 Å². The van der Waals surface area contributed by atoms with E-state index in [1.54, 1.807) is 0 Å². The predicted octanol–water partition coefficient (Wildman–Crippen LogP) is 1.37. The number of carbonyl (C=O) groups is 2. The first kappa shape index (κ1) is 12.0. The molecule has 0 amide bonds. The minimum absolute atomic E-state index is 0.0774. The van der Waals surface area contributed by atoms with Crippen LogP contribution in [0.25, 0.3) is 0 Å². The predicted molar refractivity (Wildman–Crippen MR) is 55.3 cm³/mol. The fourth-order valence-corrected chi connectivity index (χ4v) is 1.14. The van der Waals surface area contributed by atoms with Gasteiger partial charge in [0, 0.05) is 31.0 Å². The van der Waals surface area contributed by atoms with Crippen LogP contribution in [0, 0.1) is 0 Å². The van der Waals surface area contributed by atoms with Gasteiger partial charge in [-0.25, -0.2) is 0 Å². The lowest BCUT2D eigenvalue weighted by molar-refractivity contribution is -0.134. The third-order valence-electron chi connectivity index (χ3n) is 1.81. The molecule has 0 aliphatic carbocycles. The van der Waals surface area contributed by atoms with Gasteiger partial charge in [0.15, 0.2) is 0 Å². The van der Waals surface area contributed by atoms with E-state index < -0.39 is 5.97 Å². The van der Waals surface area contributed by atoms with Crippen LogP contribution in [0.5, 0.6) is 17.2 Å². The summed E-state index contributed by atoms with van der Waals surface area (Å²) in [6, 6.07) is 3.57. The minimum Gasteiger partial charge on any atom is -0.508 e. The van der Waals surface area contributed by atoms with Crippen LogP contribution < -0.4 is 4.74 Å². The van der Waals surface area contributed by atoms with E-state index in [-0.39, 0.29) is 23.7 Å². The van der Waals surface area contributed by atoms with Gasteiger partial charge in [0.2, 0.25) is 0 Å². The van der Waals surface area contributed by atoms with E-state index in [1.807, 2.05) is 0 Å².